The predicted molar refractivity (Wildman–Crippen MR) is 118 cm³/mol. The number of H-pyrrole nitrogens is 1. The van der Waals surface area contributed by atoms with Crippen molar-refractivity contribution in [3.8, 4) is 11.3 Å². The minimum Gasteiger partial charge on any atom is -0.379 e. The largest absolute Gasteiger partial charge is 0.379 e. The Morgan fingerprint density at radius 2 is 1.77 bits per heavy atom. The van der Waals surface area contributed by atoms with E-state index in [1.807, 2.05) is 47.4 Å². The first-order chi connectivity index (χ1) is 14.7. The molecule has 30 heavy (non-hydrogen) atoms. The summed E-state index contributed by atoms with van der Waals surface area (Å²) in [7, 11) is 0. The number of rotatable bonds is 5. The lowest BCUT2D eigenvalue weighted by atomic mass is 9.96. The number of fused-ring (bicyclic) bond motifs is 1. The average molecular weight is 467 g/mol. The molecule has 3 aromatic rings. The summed E-state index contributed by atoms with van der Waals surface area (Å²) in [4.78, 5) is 17.7. The molecule has 1 amide bonds. The van der Waals surface area contributed by atoms with Crippen molar-refractivity contribution in [3.05, 3.63) is 75.9 Å². The highest BCUT2D eigenvalue weighted by Crippen LogP contribution is 2.42. The zero-order valence-electron chi connectivity index (χ0n) is 16.6. The Morgan fingerprint density at radius 1 is 1.03 bits per heavy atom. The average Bonchev–Trinajstić information content (AvgIpc) is 3.33. The van der Waals surface area contributed by atoms with Crippen LogP contribution in [0.5, 0.6) is 0 Å². The van der Waals surface area contributed by atoms with E-state index in [0.717, 1.165) is 59.7 Å². The maximum atomic E-state index is 13.4. The SMILES string of the molecule is O=C1c2[nH]nc(-c3ccccc3)c2C(c2ccc(Br)cc2)N1CCN1CCOCC1. The van der Waals surface area contributed by atoms with Crippen LogP contribution in [0.3, 0.4) is 0 Å². The number of benzene rings is 2. The van der Waals surface area contributed by atoms with Crippen LogP contribution in [0.4, 0.5) is 0 Å². The lowest BCUT2D eigenvalue weighted by Gasteiger charge is -2.31. The van der Waals surface area contributed by atoms with Crippen LogP contribution in [0.15, 0.2) is 59.1 Å². The van der Waals surface area contributed by atoms with Crippen LogP contribution in [0, 0.1) is 0 Å². The normalized spacial score (nSPS) is 19.3. The smallest absolute Gasteiger partial charge is 0.273 e. The molecule has 0 spiro atoms. The minimum absolute atomic E-state index is 0.0147. The van der Waals surface area contributed by atoms with Gasteiger partial charge in [-0.1, -0.05) is 58.4 Å². The molecule has 5 rings (SSSR count). The number of ether oxygens (including phenoxy) is 1. The fraction of sp³-hybridized carbons (Fsp3) is 0.304. The monoisotopic (exact) mass is 466 g/mol. The van der Waals surface area contributed by atoms with E-state index in [2.05, 4.69) is 43.2 Å². The Morgan fingerprint density at radius 3 is 2.50 bits per heavy atom. The lowest BCUT2D eigenvalue weighted by molar-refractivity contribution is 0.0316. The van der Waals surface area contributed by atoms with Crippen LogP contribution < -0.4 is 0 Å². The van der Waals surface area contributed by atoms with Crippen LogP contribution in [0.2, 0.25) is 0 Å². The van der Waals surface area contributed by atoms with Crippen LogP contribution in [0.1, 0.15) is 27.7 Å². The van der Waals surface area contributed by atoms with Gasteiger partial charge in [-0.3, -0.25) is 14.8 Å². The number of aromatic amines is 1. The topological polar surface area (TPSA) is 61.5 Å². The minimum atomic E-state index is -0.157. The molecule has 0 aliphatic carbocycles. The van der Waals surface area contributed by atoms with Gasteiger partial charge in [0, 0.05) is 41.8 Å². The van der Waals surface area contributed by atoms with Gasteiger partial charge in [0.05, 0.1) is 24.9 Å². The summed E-state index contributed by atoms with van der Waals surface area (Å²) in [6.07, 6.45) is 0. The highest BCUT2D eigenvalue weighted by molar-refractivity contribution is 9.10. The summed E-state index contributed by atoms with van der Waals surface area (Å²) in [5, 5.41) is 7.56. The molecule has 0 radical (unpaired) electrons. The van der Waals surface area contributed by atoms with Gasteiger partial charge in [0.15, 0.2) is 0 Å². The molecule has 2 aliphatic heterocycles. The van der Waals surface area contributed by atoms with Crippen molar-refractivity contribution in [3.63, 3.8) is 0 Å². The zero-order chi connectivity index (χ0) is 20.5. The summed E-state index contributed by atoms with van der Waals surface area (Å²) >= 11 is 3.52. The van der Waals surface area contributed by atoms with Crippen molar-refractivity contribution in [2.24, 2.45) is 0 Å². The third-order valence-corrected chi connectivity index (χ3v) is 6.39. The number of aromatic nitrogens is 2. The molecule has 1 saturated heterocycles. The van der Waals surface area contributed by atoms with Gasteiger partial charge in [0.1, 0.15) is 5.69 Å². The van der Waals surface area contributed by atoms with Gasteiger partial charge >= 0.3 is 0 Å². The number of hydrogen-bond donors (Lipinski definition) is 1. The molecule has 154 valence electrons. The molecule has 2 aliphatic rings. The first kappa shape index (κ1) is 19.5. The second-order valence-electron chi connectivity index (χ2n) is 7.63. The molecule has 7 heteroatoms. The highest BCUT2D eigenvalue weighted by atomic mass is 79.9. The Labute approximate surface area is 184 Å². The third-order valence-electron chi connectivity index (χ3n) is 5.86. The number of hydrogen-bond acceptors (Lipinski definition) is 4. The van der Waals surface area contributed by atoms with Crippen LogP contribution in [0.25, 0.3) is 11.3 Å². The molecule has 0 saturated carbocycles. The van der Waals surface area contributed by atoms with E-state index in [9.17, 15) is 4.79 Å². The summed E-state index contributed by atoms with van der Waals surface area (Å²) < 4.78 is 6.48. The Hall–Kier alpha value is -2.48. The van der Waals surface area contributed by atoms with Crippen molar-refractivity contribution in [2.45, 2.75) is 6.04 Å². The second kappa shape index (κ2) is 8.34. The van der Waals surface area contributed by atoms with Crippen molar-refractivity contribution < 1.29 is 9.53 Å². The van der Waals surface area contributed by atoms with E-state index in [4.69, 9.17) is 4.74 Å². The van der Waals surface area contributed by atoms with Crippen LogP contribution in [-0.2, 0) is 4.74 Å². The van der Waals surface area contributed by atoms with Crippen LogP contribution in [-0.4, -0.2) is 65.3 Å². The molecule has 3 heterocycles. The highest BCUT2D eigenvalue weighted by Gasteiger charge is 2.42. The molecule has 1 N–H and O–H groups in total. The lowest BCUT2D eigenvalue weighted by Crippen LogP contribution is -2.42. The molecule has 6 nitrogen and oxygen atoms in total. The standard InChI is InChI=1S/C23H23BrN4O2/c24-18-8-6-17(7-9-18)22-19-20(16-4-2-1-3-5-16)25-26-21(19)23(29)28(22)11-10-27-12-14-30-15-13-27/h1-9,22H,10-15H2,(H,25,26). The predicted octanol–water partition coefficient (Wildman–Crippen LogP) is 3.72. The maximum absolute atomic E-state index is 13.4. The Balaban J connectivity index is 1.52. The Bertz CT molecular complexity index is 1030. The molecule has 0 bridgehead atoms. The van der Waals surface area contributed by atoms with Crippen molar-refractivity contribution in [1.29, 1.82) is 0 Å². The Kier molecular flexibility index (Phi) is 5.41. The summed E-state index contributed by atoms with van der Waals surface area (Å²) in [6.45, 7) is 4.83. The van der Waals surface area contributed by atoms with E-state index in [-0.39, 0.29) is 11.9 Å². The fourth-order valence-corrected chi connectivity index (χ4v) is 4.57. The number of carbonyl (C=O) groups excluding carboxylic acids is 1. The molecule has 1 unspecified atom stereocenters. The second-order valence-corrected chi connectivity index (χ2v) is 8.55. The molecule has 1 aromatic heterocycles. The van der Waals surface area contributed by atoms with Crippen LogP contribution >= 0.6 is 15.9 Å². The van der Waals surface area contributed by atoms with Crippen molar-refractivity contribution in [2.75, 3.05) is 39.4 Å². The van der Waals surface area contributed by atoms with E-state index in [1.54, 1.807) is 0 Å². The van der Waals surface area contributed by atoms with Crippen molar-refractivity contribution >= 4 is 21.8 Å². The molecular formula is C23H23BrN4O2. The molecule has 1 fully saturated rings. The van der Waals surface area contributed by atoms with Gasteiger partial charge in [-0.05, 0) is 17.7 Å². The number of morpholine rings is 1. The summed E-state index contributed by atoms with van der Waals surface area (Å²) in [5.74, 6) is 0.0147. The van der Waals surface area contributed by atoms with Gasteiger partial charge in [0.25, 0.3) is 5.91 Å². The van der Waals surface area contributed by atoms with E-state index in [0.29, 0.717) is 12.2 Å². The van der Waals surface area contributed by atoms with E-state index in [1.165, 1.54) is 0 Å². The zero-order valence-corrected chi connectivity index (χ0v) is 18.1. The number of carbonyl (C=O) groups is 1. The van der Waals surface area contributed by atoms with Gasteiger partial charge in [-0.2, -0.15) is 5.10 Å². The molecule has 1 atom stereocenters. The molecular weight excluding hydrogens is 444 g/mol. The first-order valence-corrected chi connectivity index (χ1v) is 11.0. The van der Waals surface area contributed by atoms with E-state index >= 15 is 0 Å². The number of nitrogens with one attached hydrogen (secondary N) is 1. The molecule has 2 aromatic carbocycles. The van der Waals surface area contributed by atoms with Gasteiger partial charge < -0.3 is 9.64 Å². The quantitative estimate of drug-likeness (QED) is 0.622. The van der Waals surface area contributed by atoms with Gasteiger partial charge in [-0.15, -0.1) is 0 Å². The number of halogens is 1. The van der Waals surface area contributed by atoms with Gasteiger partial charge in [0.2, 0.25) is 0 Å². The summed E-state index contributed by atoms with van der Waals surface area (Å²) in [6, 6.07) is 18.1. The van der Waals surface area contributed by atoms with Crippen molar-refractivity contribution in [1.82, 2.24) is 20.0 Å². The third kappa shape index (κ3) is 3.57. The number of amides is 1. The summed E-state index contributed by atoms with van der Waals surface area (Å²) in [5.41, 5.74) is 4.52. The first-order valence-electron chi connectivity index (χ1n) is 10.2. The van der Waals surface area contributed by atoms with E-state index < -0.39 is 0 Å². The maximum Gasteiger partial charge on any atom is 0.273 e. The number of nitrogens with zero attached hydrogens (tertiary/aromatic N) is 3. The fourth-order valence-electron chi connectivity index (χ4n) is 4.31. The van der Waals surface area contributed by atoms with Gasteiger partial charge in [-0.25, -0.2) is 0 Å².